The molecule has 1 aromatic heterocycles. The van der Waals surface area contributed by atoms with E-state index in [0.717, 1.165) is 11.0 Å². The van der Waals surface area contributed by atoms with Crippen molar-refractivity contribution in [1.29, 1.82) is 5.26 Å². The first-order valence-electron chi connectivity index (χ1n) is 19.3. The fourth-order valence-electron chi connectivity index (χ4n) is 7.49. The van der Waals surface area contributed by atoms with Gasteiger partial charge in [0.1, 0.15) is 17.2 Å². The van der Waals surface area contributed by atoms with Crippen LogP contribution in [-0.4, -0.2) is 94.9 Å². The van der Waals surface area contributed by atoms with E-state index in [0.29, 0.717) is 73.8 Å². The van der Waals surface area contributed by atoms with Crippen molar-refractivity contribution in [3.63, 3.8) is 0 Å². The number of ether oxygens (including phenoxy) is 1. The van der Waals surface area contributed by atoms with Gasteiger partial charge in [-0.2, -0.15) is 23.5 Å². The molecule has 0 spiro atoms. The zero-order valence-corrected chi connectivity index (χ0v) is 33.8. The average Bonchev–Trinajstić information content (AvgIpc) is 3.42. The molecular formula is C43H39F5N8O4S. The Morgan fingerprint density at radius 1 is 0.934 bits per heavy atom. The summed E-state index contributed by atoms with van der Waals surface area (Å²) in [6.45, 7) is 6.41. The summed E-state index contributed by atoms with van der Waals surface area (Å²) < 4.78 is 77.2. The van der Waals surface area contributed by atoms with E-state index in [1.165, 1.54) is 55.1 Å². The Labute approximate surface area is 352 Å². The zero-order chi connectivity index (χ0) is 43.6. The number of alkyl halides is 3. The monoisotopic (exact) mass is 858 g/mol. The number of anilines is 3. The fraction of sp³-hybridized carbons (Fsp3) is 0.302. The number of H-pyrrole nitrogens is 1. The van der Waals surface area contributed by atoms with Gasteiger partial charge in [-0.3, -0.25) is 24.2 Å². The van der Waals surface area contributed by atoms with Gasteiger partial charge in [0.15, 0.2) is 5.11 Å². The summed E-state index contributed by atoms with van der Waals surface area (Å²) in [4.78, 5) is 45.2. The lowest BCUT2D eigenvalue weighted by molar-refractivity contribution is -0.137. The van der Waals surface area contributed by atoms with Crippen molar-refractivity contribution in [1.82, 2.24) is 20.0 Å². The third-order valence-corrected chi connectivity index (χ3v) is 11.1. The van der Waals surface area contributed by atoms with Crippen LogP contribution in [0.25, 0.3) is 10.8 Å². The molecule has 316 valence electrons. The number of halogens is 5. The van der Waals surface area contributed by atoms with Crippen molar-refractivity contribution in [2.45, 2.75) is 32.0 Å². The average molecular weight is 859 g/mol. The third kappa shape index (κ3) is 8.81. The van der Waals surface area contributed by atoms with Gasteiger partial charge in [0.2, 0.25) is 0 Å². The Hall–Kier alpha value is -6.29. The summed E-state index contributed by atoms with van der Waals surface area (Å²) in [5.74, 6) is -2.31. The highest BCUT2D eigenvalue weighted by molar-refractivity contribution is 7.81. The largest absolute Gasteiger partial charge is 0.417 e. The van der Waals surface area contributed by atoms with Crippen molar-refractivity contribution < 1.29 is 36.3 Å². The van der Waals surface area contributed by atoms with E-state index in [2.05, 4.69) is 20.4 Å². The van der Waals surface area contributed by atoms with E-state index in [-0.39, 0.29) is 46.4 Å². The number of nitrogens with one attached hydrogen (secondary N) is 2. The van der Waals surface area contributed by atoms with Gasteiger partial charge in [0.05, 0.1) is 58.4 Å². The maximum Gasteiger partial charge on any atom is 0.417 e. The minimum absolute atomic E-state index is 0.0302. The highest BCUT2D eigenvalue weighted by Gasteiger charge is 2.51. The van der Waals surface area contributed by atoms with Gasteiger partial charge in [-0.05, 0) is 86.2 Å². The van der Waals surface area contributed by atoms with Crippen molar-refractivity contribution in [3.8, 4) is 6.07 Å². The van der Waals surface area contributed by atoms with Crippen LogP contribution in [0.1, 0.15) is 46.6 Å². The van der Waals surface area contributed by atoms with Crippen LogP contribution in [0.5, 0.6) is 0 Å². The number of rotatable bonds is 12. The molecule has 2 amide bonds. The van der Waals surface area contributed by atoms with E-state index in [4.69, 9.17) is 17.0 Å². The van der Waals surface area contributed by atoms with Gasteiger partial charge in [-0.1, -0.05) is 24.3 Å². The molecule has 3 heterocycles. The lowest BCUT2D eigenvalue weighted by Gasteiger charge is -2.34. The molecule has 2 fully saturated rings. The summed E-state index contributed by atoms with van der Waals surface area (Å²) in [7, 11) is 0. The Balaban J connectivity index is 0.870. The van der Waals surface area contributed by atoms with Crippen molar-refractivity contribution >= 4 is 57.0 Å². The zero-order valence-electron chi connectivity index (χ0n) is 33.0. The molecule has 0 unspecified atom stereocenters. The number of nitriles is 1. The molecule has 0 atom stereocenters. The molecular weight excluding hydrogens is 820 g/mol. The quantitative estimate of drug-likeness (QED) is 0.0815. The maximum atomic E-state index is 15.4. The van der Waals surface area contributed by atoms with Crippen LogP contribution in [0.4, 0.5) is 39.0 Å². The van der Waals surface area contributed by atoms with E-state index in [1.54, 1.807) is 35.2 Å². The van der Waals surface area contributed by atoms with E-state index in [1.807, 2.05) is 6.07 Å². The molecule has 2 aliphatic rings. The molecule has 4 aromatic carbocycles. The first-order valence-corrected chi connectivity index (χ1v) is 19.7. The number of carbonyl (C=O) groups is 2. The molecule has 12 nitrogen and oxygen atoms in total. The minimum atomic E-state index is -4.85. The number of piperazine rings is 1. The second kappa shape index (κ2) is 17.4. The summed E-state index contributed by atoms with van der Waals surface area (Å²) >= 11 is 5.55. The van der Waals surface area contributed by atoms with Gasteiger partial charge in [-0.25, -0.2) is 13.9 Å². The first kappa shape index (κ1) is 42.8. The van der Waals surface area contributed by atoms with Crippen LogP contribution in [-0.2, 0) is 22.1 Å². The van der Waals surface area contributed by atoms with Crippen LogP contribution in [0.2, 0.25) is 0 Å². The van der Waals surface area contributed by atoms with Crippen LogP contribution < -0.4 is 20.7 Å². The Bertz CT molecular complexity index is 2620. The molecule has 5 aromatic rings. The fourth-order valence-corrected chi connectivity index (χ4v) is 8.01. The summed E-state index contributed by atoms with van der Waals surface area (Å²) in [6.07, 6.45) is -4.55. The third-order valence-electron chi connectivity index (χ3n) is 10.7. The molecule has 0 saturated carbocycles. The van der Waals surface area contributed by atoms with Crippen molar-refractivity contribution in [2.75, 3.05) is 67.6 Å². The number of carbonyl (C=O) groups excluding carboxylic acids is 2. The number of hydrogen-bond acceptors (Lipinski definition) is 9. The van der Waals surface area contributed by atoms with Gasteiger partial charge in [0.25, 0.3) is 17.4 Å². The van der Waals surface area contributed by atoms with Crippen LogP contribution >= 0.6 is 12.2 Å². The van der Waals surface area contributed by atoms with Crippen LogP contribution in [0, 0.1) is 23.0 Å². The van der Waals surface area contributed by atoms with Crippen LogP contribution in [0.3, 0.4) is 0 Å². The number of fused-ring (bicyclic) bond motifs is 1. The lowest BCUT2D eigenvalue weighted by atomic mass is 10.0. The van der Waals surface area contributed by atoms with E-state index in [9.17, 15) is 37.2 Å². The molecule has 0 bridgehead atoms. The number of nitrogens with zero attached hydrogens (tertiary/aromatic N) is 6. The van der Waals surface area contributed by atoms with E-state index >= 15 is 4.39 Å². The van der Waals surface area contributed by atoms with Gasteiger partial charge in [-0.15, -0.1) is 0 Å². The molecule has 0 aliphatic carbocycles. The number of amides is 2. The summed E-state index contributed by atoms with van der Waals surface area (Å²) in [5, 5.41) is 19.9. The Morgan fingerprint density at radius 2 is 1.66 bits per heavy atom. The normalized spacial score (nSPS) is 15.7. The highest BCUT2D eigenvalue weighted by atomic mass is 32.1. The standard InChI is InChI=1S/C43H39F5N8O4S/c1-42(2)40(59)55(28-9-8-27(25-49)33(23-28)43(46,47)48)41(61)56(42)29-10-12-36(35(45)24-29)50-13-19-60-20-18-53-14-16-54(17-15-53)39(58)32-21-26(7-11-34(32)44)22-37-30-5-3-4-6-31(30)38(57)52-51-37/h3-12,21,23-24,50H,13-20,22H2,1-2H3,(H,52,57). The lowest BCUT2D eigenvalue weighted by Crippen LogP contribution is -2.49. The van der Waals surface area contributed by atoms with Crippen LogP contribution in [0.15, 0.2) is 83.7 Å². The molecule has 18 heteroatoms. The van der Waals surface area contributed by atoms with Gasteiger partial charge < -0.3 is 19.9 Å². The van der Waals surface area contributed by atoms with Gasteiger partial charge >= 0.3 is 6.18 Å². The molecule has 7 rings (SSSR count). The maximum absolute atomic E-state index is 15.4. The Kier molecular flexibility index (Phi) is 12.2. The second-order valence-electron chi connectivity index (χ2n) is 15.0. The predicted molar refractivity (Wildman–Crippen MR) is 222 cm³/mol. The molecule has 0 radical (unpaired) electrons. The highest BCUT2D eigenvalue weighted by Crippen LogP contribution is 2.40. The number of thiocarbonyl (C=S) groups is 1. The Morgan fingerprint density at radius 3 is 2.36 bits per heavy atom. The number of benzene rings is 4. The summed E-state index contributed by atoms with van der Waals surface area (Å²) in [6, 6.07) is 20.1. The summed E-state index contributed by atoms with van der Waals surface area (Å²) in [5.41, 5.74) is -2.04. The minimum Gasteiger partial charge on any atom is -0.380 e. The number of aromatic amines is 1. The van der Waals surface area contributed by atoms with E-state index < -0.39 is 46.3 Å². The first-order chi connectivity index (χ1) is 29.1. The van der Waals surface area contributed by atoms with Crippen molar-refractivity contribution in [2.24, 2.45) is 0 Å². The number of aromatic nitrogens is 2. The molecule has 2 saturated heterocycles. The van der Waals surface area contributed by atoms with Crippen molar-refractivity contribution in [3.05, 3.63) is 129 Å². The molecule has 2 aliphatic heterocycles. The second-order valence-corrected chi connectivity index (χ2v) is 15.4. The topological polar surface area (TPSA) is 138 Å². The SMILES string of the molecule is CC1(C)C(=O)N(c2ccc(C#N)c(C(F)(F)F)c2)C(=S)N1c1ccc(NCCOCCN2CCN(C(=O)c3cc(Cc4n[nH]c(=O)c5ccccc45)ccc3F)CC2)c(F)c1. The molecule has 61 heavy (non-hydrogen) atoms. The number of hydrogen-bond donors (Lipinski definition) is 2. The van der Waals surface area contributed by atoms with Gasteiger partial charge in [0, 0.05) is 56.8 Å². The predicted octanol–water partition coefficient (Wildman–Crippen LogP) is 6.49. The molecule has 2 N–H and O–H groups in total. The smallest absolute Gasteiger partial charge is 0.380 e.